The van der Waals surface area contributed by atoms with E-state index in [2.05, 4.69) is 9.98 Å². The maximum atomic E-state index is 11.3. The van der Waals surface area contributed by atoms with E-state index in [0.717, 1.165) is 0 Å². The third kappa shape index (κ3) is 4.15. The van der Waals surface area contributed by atoms with E-state index in [1.54, 1.807) is 0 Å². The highest BCUT2D eigenvalue weighted by molar-refractivity contribution is 7.91. The van der Waals surface area contributed by atoms with Gasteiger partial charge in [0.15, 0.2) is 15.8 Å². The summed E-state index contributed by atoms with van der Waals surface area (Å²) in [5.41, 5.74) is 15.6. The van der Waals surface area contributed by atoms with Gasteiger partial charge in [0.25, 0.3) is 0 Å². The van der Waals surface area contributed by atoms with E-state index < -0.39 is 9.84 Å². The molecule has 1 aliphatic rings. The summed E-state index contributed by atoms with van der Waals surface area (Å²) in [7, 11) is -2.98. The van der Waals surface area contributed by atoms with Gasteiger partial charge in [0.1, 0.15) is 0 Å². The molecule has 0 aliphatic carbocycles. The van der Waals surface area contributed by atoms with Crippen LogP contribution < -0.4 is 17.2 Å². The molecular weight excluding hydrogens is 218 g/mol. The molecule has 0 spiro atoms. The minimum atomic E-state index is -2.98. The van der Waals surface area contributed by atoms with Crippen molar-refractivity contribution in [1.29, 1.82) is 0 Å². The second-order valence-corrected chi connectivity index (χ2v) is 5.66. The van der Waals surface area contributed by atoms with Gasteiger partial charge in [0, 0.05) is 0 Å². The number of sulfone groups is 1. The Bertz CT molecular complexity index is 382. The van der Waals surface area contributed by atoms with Crippen molar-refractivity contribution in [3.8, 4) is 0 Å². The van der Waals surface area contributed by atoms with Crippen molar-refractivity contribution in [2.24, 2.45) is 27.2 Å². The molecule has 7 nitrogen and oxygen atoms in total. The van der Waals surface area contributed by atoms with Crippen LogP contribution in [0.1, 0.15) is 12.8 Å². The highest BCUT2D eigenvalue weighted by Crippen LogP contribution is 2.14. The Kier molecular flexibility index (Phi) is 3.51. The van der Waals surface area contributed by atoms with Crippen molar-refractivity contribution in [2.75, 3.05) is 11.5 Å². The number of nitrogens with two attached hydrogens (primary N) is 3. The van der Waals surface area contributed by atoms with Gasteiger partial charge in [0.05, 0.1) is 17.5 Å². The monoisotopic (exact) mass is 233 g/mol. The van der Waals surface area contributed by atoms with Crippen molar-refractivity contribution in [3.05, 3.63) is 0 Å². The molecule has 0 bridgehead atoms. The van der Waals surface area contributed by atoms with E-state index in [1.165, 1.54) is 0 Å². The number of hydrogen-bond donors (Lipinski definition) is 3. The summed E-state index contributed by atoms with van der Waals surface area (Å²) in [6, 6.07) is -0.327. The standard InChI is InChI=1S/C7H15N5O2S/c8-6(9)12-7(10)11-5-2-1-3-15(13,14)4-5/h5H,1-4H2,(H6,8,9,10,11,12). The van der Waals surface area contributed by atoms with Gasteiger partial charge in [-0.15, -0.1) is 0 Å². The molecule has 0 saturated carbocycles. The first-order chi connectivity index (χ1) is 6.89. The van der Waals surface area contributed by atoms with Crippen LogP contribution >= 0.6 is 0 Å². The van der Waals surface area contributed by atoms with Crippen LogP contribution in [0, 0.1) is 0 Å². The van der Waals surface area contributed by atoms with E-state index in [-0.39, 0.29) is 29.5 Å². The molecule has 1 unspecified atom stereocenters. The second-order valence-electron chi connectivity index (χ2n) is 3.43. The molecule has 1 fully saturated rings. The van der Waals surface area contributed by atoms with Gasteiger partial charge in [0.2, 0.25) is 5.96 Å². The highest BCUT2D eigenvalue weighted by atomic mass is 32.2. The van der Waals surface area contributed by atoms with E-state index in [1.807, 2.05) is 0 Å². The Morgan fingerprint density at radius 3 is 2.47 bits per heavy atom. The summed E-state index contributed by atoms with van der Waals surface area (Å²) in [4.78, 5) is 7.46. The topological polar surface area (TPSA) is 137 Å². The van der Waals surface area contributed by atoms with Crippen LogP contribution in [0.15, 0.2) is 9.98 Å². The van der Waals surface area contributed by atoms with Gasteiger partial charge < -0.3 is 17.2 Å². The highest BCUT2D eigenvalue weighted by Gasteiger charge is 2.24. The normalized spacial score (nSPS) is 25.9. The second kappa shape index (κ2) is 4.47. The number of aliphatic imine (C=N–C) groups is 2. The van der Waals surface area contributed by atoms with E-state index in [4.69, 9.17) is 17.2 Å². The molecule has 1 atom stereocenters. The Morgan fingerprint density at radius 2 is 1.93 bits per heavy atom. The first kappa shape index (κ1) is 11.8. The largest absolute Gasteiger partial charge is 0.370 e. The average Bonchev–Trinajstić information content (AvgIpc) is 1.99. The lowest BCUT2D eigenvalue weighted by molar-refractivity contribution is 0.552. The predicted octanol–water partition coefficient (Wildman–Crippen LogP) is -1.85. The van der Waals surface area contributed by atoms with E-state index in [9.17, 15) is 8.42 Å². The van der Waals surface area contributed by atoms with Crippen LogP contribution in [-0.2, 0) is 9.84 Å². The van der Waals surface area contributed by atoms with Gasteiger partial charge in [-0.3, -0.25) is 0 Å². The zero-order chi connectivity index (χ0) is 11.5. The maximum Gasteiger partial charge on any atom is 0.218 e. The van der Waals surface area contributed by atoms with E-state index >= 15 is 0 Å². The fraction of sp³-hybridized carbons (Fsp3) is 0.714. The SMILES string of the molecule is NC(N)=NC(N)=NC1CCCS(=O)(=O)C1. The fourth-order valence-electron chi connectivity index (χ4n) is 1.45. The molecule has 1 heterocycles. The molecule has 0 aromatic heterocycles. The predicted molar refractivity (Wildman–Crippen MR) is 59.1 cm³/mol. The Morgan fingerprint density at radius 1 is 1.27 bits per heavy atom. The zero-order valence-electron chi connectivity index (χ0n) is 8.26. The lowest BCUT2D eigenvalue weighted by Crippen LogP contribution is -2.31. The summed E-state index contributed by atoms with van der Waals surface area (Å²) >= 11 is 0. The molecule has 86 valence electrons. The summed E-state index contributed by atoms with van der Waals surface area (Å²) in [6.07, 6.45) is 1.30. The van der Waals surface area contributed by atoms with Crippen molar-refractivity contribution in [2.45, 2.75) is 18.9 Å². The van der Waals surface area contributed by atoms with Crippen LogP contribution in [-0.4, -0.2) is 37.9 Å². The Labute approximate surface area is 88.4 Å². The van der Waals surface area contributed by atoms with Crippen molar-refractivity contribution >= 4 is 21.8 Å². The molecule has 0 aromatic carbocycles. The summed E-state index contributed by atoms with van der Waals surface area (Å²) < 4.78 is 22.5. The molecule has 0 aromatic rings. The minimum Gasteiger partial charge on any atom is -0.370 e. The molecule has 0 radical (unpaired) electrons. The fourth-order valence-corrected chi connectivity index (χ4v) is 3.05. The van der Waals surface area contributed by atoms with Crippen molar-refractivity contribution in [1.82, 2.24) is 0 Å². The van der Waals surface area contributed by atoms with Gasteiger partial charge >= 0.3 is 0 Å². The van der Waals surface area contributed by atoms with Gasteiger partial charge in [-0.2, -0.15) is 4.99 Å². The number of hydrogen-bond acceptors (Lipinski definition) is 3. The molecule has 1 saturated heterocycles. The molecule has 6 N–H and O–H groups in total. The first-order valence-corrected chi connectivity index (χ1v) is 6.34. The van der Waals surface area contributed by atoms with Crippen molar-refractivity contribution in [3.63, 3.8) is 0 Å². The quantitative estimate of drug-likeness (QED) is 0.360. The van der Waals surface area contributed by atoms with Gasteiger partial charge in [-0.1, -0.05) is 0 Å². The smallest absolute Gasteiger partial charge is 0.218 e. The molecule has 8 heteroatoms. The minimum absolute atomic E-state index is 0.0215. The Hall–Kier alpha value is -1.31. The third-order valence-electron chi connectivity index (χ3n) is 2.00. The molecule has 1 aliphatic heterocycles. The first-order valence-electron chi connectivity index (χ1n) is 4.52. The average molecular weight is 233 g/mol. The number of guanidine groups is 2. The van der Waals surface area contributed by atoms with Crippen LogP contribution in [0.3, 0.4) is 0 Å². The van der Waals surface area contributed by atoms with E-state index in [0.29, 0.717) is 12.8 Å². The Balaban J connectivity index is 2.70. The maximum absolute atomic E-state index is 11.3. The van der Waals surface area contributed by atoms with Crippen LogP contribution in [0.4, 0.5) is 0 Å². The molecular formula is C7H15N5O2S. The summed E-state index contributed by atoms with van der Waals surface area (Å²) in [5.74, 6) is -0.0124. The summed E-state index contributed by atoms with van der Waals surface area (Å²) in [6.45, 7) is 0. The lowest BCUT2D eigenvalue weighted by atomic mass is 10.2. The number of rotatable bonds is 1. The molecule has 0 amide bonds. The summed E-state index contributed by atoms with van der Waals surface area (Å²) in [5, 5.41) is 0. The number of nitrogens with zero attached hydrogens (tertiary/aromatic N) is 2. The van der Waals surface area contributed by atoms with Crippen molar-refractivity contribution < 1.29 is 8.42 Å². The molecule has 15 heavy (non-hydrogen) atoms. The van der Waals surface area contributed by atoms with Gasteiger partial charge in [-0.25, -0.2) is 13.4 Å². The zero-order valence-corrected chi connectivity index (χ0v) is 9.07. The van der Waals surface area contributed by atoms with Crippen LogP contribution in [0.5, 0.6) is 0 Å². The molecule has 1 rings (SSSR count). The van der Waals surface area contributed by atoms with Crippen LogP contribution in [0.2, 0.25) is 0 Å². The lowest BCUT2D eigenvalue weighted by Gasteiger charge is -2.18. The third-order valence-corrected chi connectivity index (χ3v) is 3.80. The van der Waals surface area contributed by atoms with Gasteiger partial charge in [-0.05, 0) is 12.8 Å². The van der Waals surface area contributed by atoms with Crippen LogP contribution in [0.25, 0.3) is 0 Å².